The second-order valence-corrected chi connectivity index (χ2v) is 8.54. The van der Waals surface area contributed by atoms with Gasteiger partial charge in [-0.25, -0.2) is 4.98 Å². The molecule has 1 aromatic heterocycles. The van der Waals surface area contributed by atoms with E-state index in [9.17, 15) is 9.90 Å². The Morgan fingerprint density at radius 3 is 2.57 bits per heavy atom. The molecule has 3 aromatic rings. The van der Waals surface area contributed by atoms with E-state index in [0.29, 0.717) is 41.6 Å². The number of hydrogen-bond donors (Lipinski definition) is 1. The fraction of sp³-hybridized carbons (Fsp3) is 0.391. The monoisotopic (exact) mass is 425 g/mol. The summed E-state index contributed by atoms with van der Waals surface area (Å²) in [6.07, 6.45) is -0.503. The number of aliphatic hydroxyl groups is 1. The van der Waals surface area contributed by atoms with Gasteiger partial charge in [-0.05, 0) is 24.6 Å². The molecule has 0 amide bonds. The summed E-state index contributed by atoms with van der Waals surface area (Å²) in [5, 5.41) is 11.8. The molecule has 30 heavy (non-hydrogen) atoms. The molecule has 0 radical (unpaired) electrons. The summed E-state index contributed by atoms with van der Waals surface area (Å²) in [6.45, 7) is 5.71. The number of hydrogen-bond acceptors (Lipinski definition) is 6. The number of aliphatic hydroxyl groups excluding tert-OH is 1. The standard InChI is InChI=1S/C23H27N3O3S/c1-17(18-7-3-2-4-8-18)26-22(28)20-9-5-6-10-21(20)24-23(26)30-16-19(27)15-25-11-13-29-14-12-25/h2-10,17,19,27H,11-16H2,1H3/t17-,19-/m0/s1. The zero-order valence-corrected chi connectivity index (χ0v) is 17.9. The molecular formula is C23H27N3O3S. The van der Waals surface area contributed by atoms with Gasteiger partial charge in [-0.2, -0.15) is 0 Å². The van der Waals surface area contributed by atoms with Crippen LogP contribution in [0.1, 0.15) is 18.5 Å². The normalized spacial score (nSPS) is 17.1. The molecule has 1 fully saturated rings. The predicted octanol–water partition coefficient (Wildman–Crippen LogP) is 2.79. The Kier molecular flexibility index (Phi) is 6.84. The molecule has 1 aliphatic heterocycles. The Morgan fingerprint density at radius 1 is 1.10 bits per heavy atom. The third kappa shape index (κ3) is 4.75. The maximum atomic E-state index is 13.4. The zero-order valence-electron chi connectivity index (χ0n) is 17.1. The Morgan fingerprint density at radius 2 is 1.80 bits per heavy atom. The van der Waals surface area contributed by atoms with Gasteiger partial charge in [-0.15, -0.1) is 0 Å². The zero-order chi connectivity index (χ0) is 20.9. The van der Waals surface area contributed by atoms with Crippen LogP contribution in [0.2, 0.25) is 0 Å². The van der Waals surface area contributed by atoms with Crippen molar-refractivity contribution in [1.29, 1.82) is 0 Å². The molecule has 6 nitrogen and oxygen atoms in total. The first-order valence-electron chi connectivity index (χ1n) is 10.3. The minimum atomic E-state index is -0.503. The van der Waals surface area contributed by atoms with Gasteiger partial charge in [-0.3, -0.25) is 14.3 Å². The number of fused-ring (bicyclic) bond motifs is 1. The maximum absolute atomic E-state index is 13.4. The Balaban J connectivity index is 1.61. The van der Waals surface area contributed by atoms with Crippen LogP contribution in [0, 0.1) is 0 Å². The fourth-order valence-corrected chi connectivity index (χ4v) is 4.74. The summed E-state index contributed by atoms with van der Waals surface area (Å²) in [5.74, 6) is 0.476. The Bertz CT molecular complexity index is 1030. The number of nitrogens with zero attached hydrogens (tertiary/aromatic N) is 3. The highest BCUT2D eigenvalue weighted by atomic mass is 32.2. The predicted molar refractivity (Wildman–Crippen MR) is 120 cm³/mol. The second-order valence-electron chi connectivity index (χ2n) is 7.55. The quantitative estimate of drug-likeness (QED) is 0.464. The molecule has 0 saturated carbocycles. The summed E-state index contributed by atoms with van der Waals surface area (Å²) >= 11 is 1.44. The van der Waals surface area contributed by atoms with Crippen molar-refractivity contribution in [3.05, 3.63) is 70.5 Å². The van der Waals surface area contributed by atoms with E-state index in [1.807, 2.05) is 61.5 Å². The molecule has 158 valence electrons. The lowest BCUT2D eigenvalue weighted by atomic mass is 10.1. The number of rotatable bonds is 7. The van der Waals surface area contributed by atoms with E-state index in [1.165, 1.54) is 11.8 Å². The lowest BCUT2D eigenvalue weighted by Crippen LogP contribution is -2.41. The molecule has 1 aliphatic rings. The lowest BCUT2D eigenvalue weighted by Gasteiger charge is -2.28. The SMILES string of the molecule is C[C@@H](c1ccccc1)n1c(SC[C@@H](O)CN2CCOCC2)nc2ccccc2c1=O. The van der Waals surface area contributed by atoms with Crippen LogP contribution in [0.4, 0.5) is 0 Å². The number of β-amino-alcohol motifs (C(OH)–C–C–N with tert-alkyl or cyclic N) is 1. The average molecular weight is 426 g/mol. The van der Waals surface area contributed by atoms with E-state index in [0.717, 1.165) is 18.7 Å². The van der Waals surface area contributed by atoms with Crippen molar-refractivity contribution in [3.63, 3.8) is 0 Å². The maximum Gasteiger partial charge on any atom is 0.262 e. The molecule has 2 heterocycles. The molecule has 0 spiro atoms. The van der Waals surface area contributed by atoms with Crippen molar-refractivity contribution in [3.8, 4) is 0 Å². The van der Waals surface area contributed by atoms with Crippen molar-refractivity contribution in [2.24, 2.45) is 0 Å². The highest BCUT2D eigenvalue weighted by molar-refractivity contribution is 7.99. The molecule has 2 aromatic carbocycles. The largest absolute Gasteiger partial charge is 0.391 e. The molecule has 1 N–H and O–H groups in total. The summed E-state index contributed by atoms with van der Waals surface area (Å²) in [7, 11) is 0. The Hall–Kier alpha value is -2.19. The van der Waals surface area contributed by atoms with Crippen LogP contribution in [0.15, 0.2) is 64.5 Å². The summed E-state index contributed by atoms with van der Waals surface area (Å²) in [6, 6.07) is 17.2. The number of benzene rings is 2. The summed E-state index contributed by atoms with van der Waals surface area (Å²) in [4.78, 5) is 20.3. The number of ether oxygens (including phenoxy) is 1. The van der Waals surface area contributed by atoms with Crippen molar-refractivity contribution in [1.82, 2.24) is 14.5 Å². The molecule has 7 heteroatoms. The van der Waals surface area contributed by atoms with Gasteiger partial charge in [0.25, 0.3) is 5.56 Å². The molecule has 0 unspecified atom stereocenters. The van der Waals surface area contributed by atoms with E-state index in [2.05, 4.69) is 4.90 Å². The van der Waals surface area contributed by atoms with Crippen LogP contribution >= 0.6 is 11.8 Å². The van der Waals surface area contributed by atoms with Crippen molar-refractivity contribution >= 4 is 22.7 Å². The van der Waals surface area contributed by atoms with E-state index < -0.39 is 6.10 Å². The van der Waals surface area contributed by atoms with Crippen LogP contribution in [-0.4, -0.2) is 64.3 Å². The first-order chi connectivity index (χ1) is 14.6. The average Bonchev–Trinajstić information content (AvgIpc) is 2.79. The molecule has 0 bridgehead atoms. The minimum absolute atomic E-state index is 0.0536. The second kappa shape index (κ2) is 9.75. The van der Waals surface area contributed by atoms with Gasteiger partial charge < -0.3 is 9.84 Å². The minimum Gasteiger partial charge on any atom is -0.391 e. The van der Waals surface area contributed by atoms with Crippen LogP contribution in [-0.2, 0) is 4.74 Å². The van der Waals surface area contributed by atoms with Gasteiger partial charge in [-0.1, -0.05) is 54.2 Å². The van der Waals surface area contributed by atoms with Gasteiger partial charge in [0.05, 0.1) is 36.3 Å². The van der Waals surface area contributed by atoms with Crippen LogP contribution in [0.5, 0.6) is 0 Å². The topological polar surface area (TPSA) is 67.6 Å². The van der Waals surface area contributed by atoms with Crippen molar-refractivity contribution in [2.75, 3.05) is 38.6 Å². The third-order valence-corrected chi connectivity index (χ3v) is 6.52. The first-order valence-corrected chi connectivity index (χ1v) is 11.3. The van der Waals surface area contributed by atoms with E-state index >= 15 is 0 Å². The number of morpholine rings is 1. The van der Waals surface area contributed by atoms with Gasteiger partial charge in [0, 0.05) is 25.4 Å². The van der Waals surface area contributed by atoms with Gasteiger partial charge in [0.15, 0.2) is 5.16 Å². The van der Waals surface area contributed by atoms with E-state index in [-0.39, 0.29) is 11.6 Å². The highest BCUT2D eigenvalue weighted by Gasteiger charge is 2.20. The number of aromatic nitrogens is 2. The molecule has 0 aliphatic carbocycles. The Labute approximate surface area is 180 Å². The van der Waals surface area contributed by atoms with Crippen LogP contribution in [0.25, 0.3) is 10.9 Å². The lowest BCUT2D eigenvalue weighted by molar-refractivity contribution is 0.0188. The van der Waals surface area contributed by atoms with Gasteiger partial charge >= 0.3 is 0 Å². The molecule has 4 rings (SSSR count). The fourth-order valence-electron chi connectivity index (χ4n) is 3.75. The van der Waals surface area contributed by atoms with Crippen LogP contribution < -0.4 is 5.56 Å². The molecule has 1 saturated heterocycles. The highest BCUT2D eigenvalue weighted by Crippen LogP contribution is 2.25. The molecule has 2 atom stereocenters. The molecular weight excluding hydrogens is 398 g/mol. The smallest absolute Gasteiger partial charge is 0.262 e. The van der Waals surface area contributed by atoms with Crippen LogP contribution in [0.3, 0.4) is 0 Å². The first kappa shape index (κ1) is 21.1. The summed E-state index contributed by atoms with van der Waals surface area (Å²) in [5.41, 5.74) is 1.68. The summed E-state index contributed by atoms with van der Waals surface area (Å²) < 4.78 is 7.13. The van der Waals surface area contributed by atoms with E-state index in [4.69, 9.17) is 9.72 Å². The van der Waals surface area contributed by atoms with Crippen molar-refractivity contribution in [2.45, 2.75) is 24.2 Å². The van der Waals surface area contributed by atoms with Crippen molar-refractivity contribution < 1.29 is 9.84 Å². The third-order valence-electron chi connectivity index (χ3n) is 5.42. The number of para-hydroxylation sites is 1. The number of thioether (sulfide) groups is 1. The van der Waals surface area contributed by atoms with E-state index in [1.54, 1.807) is 4.57 Å². The van der Waals surface area contributed by atoms with Gasteiger partial charge in [0.1, 0.15) is 0 Å². The van der Waals surface area contributed by atoms with Gasteiger partial charge in [0.2, 0.25) is 0 Å².